The summed E-state index contributed by atoms with van der Waals surface area (Å²) in [6.45, 7) is 7.32. The van der Waals surface area contributed by atoms with Crippen molar-refractivity contribution < 1.29 is 14.7 Å². The van der Waals surface area contributed by atoms with Crippen LogP contribution in [-0.2, 0) is 9.59 Å². The summed E-state index contributed by atoms with van der Waals surface area (Å²) in [6.07, 6.45) is 2.88. The van der Waals surface area contributed by atoms with Crippen molar-refractivity contribution in [2.45, 2.75) is 46.6 Å². The Labute approximate surface area is 114 Å². The Morgan fingerprint density at radius 1 is 1.39 bits per heavy atom. The van der Waals surface area contributed by atoms with Crippen molar-refractivity contribution in [3.63, 3.8) is 0 Å². The molecular formula is C13H25NO3S. The standard InChI is InChI=1S/C13H25NO3S/c1-6-10(8-18-5)14-11(15)7-13(4,9(2)3)12(16)17/h9-10H,6-8H2,1-5H3,(H,14,15)(H,16,17). The Bertz CT molecular complexity index is 294. The van der Waals surface area contributed by atoms with Crippen molar-refractivity contribution in [1.82, 2.24) is 5.32 Å². The molecule has 2 N–H and O–H groups in total. The summed E-state index contributed by atoms with van der Waals surface area (Å²) in [6, 6.07) is 0.123. The lowest BCUT2D eigenvalue weighted by Gasteiger charge is -2.29. The molecule has 0 aromatic rings. The molecule has 2 unspecified atom stereocenters. The maximum atomic E-state index is 11.9. The molecule has 106 valence electrons. The fourth-order valence-electron chi connectivity index (χ4n) is 1.60. The molecule has 4 nitrogen and oxygen atoms in total. The SMILES string of the molecule is CCC(CSC)NC(=O)CC(C)(C(=O)O)C(C)C. The molecule has 0 aliphatic heterocycles. The minimum absolute atomic E-state index is 0.0326. The number of carboxylic acid groups (broad SMARTS) is 1. The van der Waals surface area contributed by atoms with Crippen LogP contribution < -0.4 is 5.32 Å². The van der Waals surface area contributed by atoms with E-state index in [0.29, 0.717) is 0 Å². The van der Waals surface area contributed by atoms with Crippen LogP contribution in [0.25, 0.3) is 0 Å². The van der Waals surface area contributed by atoms with Crippen molar-refractivity contribution in [2.75, 3.05) is 12.0 Å². The molecule has 0 aromatic carbocycles. The first kappa shape index (κ1) is 17.3. The molecule has 0 radical (unpaired) electrons. The third-order valence-corrected chi connectivity index (χ3v) is 4.25. The zero-order chi connectivity index (χ0) is 14.3. The first-order valence-electron chi connectivity index (χ1n) is 6.29. The Morgan fingerprint density at radius 3 is 2.28 bits per heavy atom. The summed E-state index contributed by atoms with van der Waals surface area (Å²) in [7, 11) is 0. The van der Waals surface area contributed by atoms with Crippen LogP contribution in [-0.4, -0.2) is 35.0 Å². The van der Waals surface area contributed by atoms with Crippen LogP contribution in [0.4, 0.5) is 0 Å². The highest BCUT2D eigenvalue weighted by molar-refractivity contribution is 7.98. The molecule has 0 saturated heterocycles. The second-order valence-corrected chi connectivity index (χ2v) is 6.09. The van der Waals surface area contributed by atoms with Crippen LogP contribution in [0.5, 0.6) is 0 Å². The van der Waals surface area contributed by atoms with E-state index < -0.39 is 11.4 Å². The van der Waals surface area contributed by atoms with Crippen LogP contribution >= 0.6 is 11.8 Å². The van der Waals surface area contributed by atoms with Crippen molar-refractivity contribution in [3.05, 3.63) is 0 Å². The van der Waals surface area contributed by atoms with Gasteiger partial charge in [0.2, 0.25) is 5.91 Å². The summed E-state index contributed by atoms with van der Waals surface area (Å²) in [5, 5.41) is 12.2. The molecule has 0 saturated carbocycles. The van der Waals surface area contributed by atoms with E-state index in [1.54, 1.807) is 18.7 Å². The predicted octanol–water partition coefficient (Wildman–Crippen LogP) is 2.38. The van der Waals surface area contributed by atoms with Gasteiger partial charge in [0, 0.05) is 18.2 Å². The van der Waals surface area contributed by atoms with Crippen molar-refractivity contribution >= 4 is 23.6 Å². The molecule has 5 heteroatoms. The fraction of sp³-hybridized carbons (Fsp3) is 0.846. The summed E-state index contributed by atoms with van der Waals surface area (Å²) < 4.78 is 0. The van der Waals surface area contributed by atoms with Crippen LogP contribution in [0.1, 0.15) is 40.5 Å². The van der Waals surface area contributed by atoms with E-state index in [-0.39, 0.29) is 24.3 Å². The molecule has 18 heavy (non-hydrogen) atoms. The van der Waals surface area contributed by atoms with Gasteiger partial charge in [0.25, 0.3) is 0 Å². The average Bonchev–Trinajstić information content (AvgIpc) is 2.27. The first-order valence-corrected chi connectivity index (χ1v) is 7.69. The molecule has 0 rings (SSSR count). The van der Waals surface area contributed by atoms with Crippen molar-refractivity contribution in [1.29, 1.82) is 0 Å². The smallest absolute Gasteiger partial charge is 0.310 e. The number of aliphatic carboxylic acids is 1. The average molecular weight is 275 g/mol. The number of carbonyl (C=O) groups excluding carboxylic acids is 1. The van der Waals surface area contributed by atoms with Gasteiger partial charge in [-0.1, -0.05) is 20.8 Å². The van der Waals surface area contributed by atoms with E-state index in [1.807, 2.05) is 27.0 Å². The number of hydrogen-bond donors (Lipinski definition) is 2. The van der Waals surface area contributed by atoms with Crippen LogP contribution in [0, 0.1) is 11.3 Å². The maximum Gasteiger partial charge on any atom is 0.310 e. The minimum atomic E-state index is -0.998. The van der Waals surface area contributed by atoms with Gasteiger partial charge in [-0.15, -0.1) is 0 Å². The number of rotatable bonds is 8. The van der Waals surface area contributed by atoms with Crippen LogP contribution in [0.3, 0.4) is 0 Å². The van der Waals surface area contributed by atoms with E-state index in [4.69, 9.17) is 0 Å². The Balaban J connectivity index is 4.57. The Morgan fingerprint density at radius 2 is 1.94 bits per heavy atom. The highest BCUT2D eigenvalue weighted by atomic mass is 32.2. The second-order valence-electron chi connectivity index (χ2n) is 5.18. The van der Waals surface area contributed by atoms with E-state index in [0.717, 1.165) is 12.2 Å². The number of thioether (sulfide) groups is 1. The second kappa shape index (κ2) is 7.67. The number of carbonyl (C=O) groups is 2. The molecule has 2 atom stereocenters. The normalized spacial score (nSPS) is 16.1. The molecule has 0 fully saturated rings. The van der Waals surface area contributed by atoms with Gasteiger partial charge in [0.1, 0.15) is 0 Å². The molecule has 0 spiro atoms. The Kier molecular flexibility index (Phi) is 7.36. The van der Waals surface area contributed by atoms with E-state index in [2.05, 4.69) is 5.32 Å². The lowest BCUT2D eigenvalue weighted by Crippen LogP contribution is -2.43. The minimum Gasteiger partial charge on any atom is -0.481 e. The molecule has 0 heterocycles. The topological polar surface area (TPSA) is 66.4 Å². The molecule has 0 bridgehead atoms. The summed E-state index contributed by atoms with van der Waals surface area (Å²) in [5.41, 5.74) is -0.998. The van der Waals surface area contributed by atoms with Gasteiger partial charge < -0.3 is 10.4 Å². The van der Waals surface area contributed by atoms with Gasteiger partial charge in [-0.25, -0.2) is 0 Å². The highest BCUT2D eigenvalue weighted by Crippen LogP contribution is 2.31. The molecule has 0 aliphatic carbocycles. The Hall–Kier alpha value is -0.710. The molecular weight excluding hydrogens is 250 g/mol. The largest absolute Gasteiger partial charge is 0.481 e. The van der Waals surface area contributed by atoms with Gasteiger partial charge in [0.15, 0.2) is 0 Å². The molecule has 1 amide bonds. The quantitative estimate of drug-likeness (QED) is 0.714. The monoisotopic (exact) mass is 275 g/mol. The molecule has 0 aromatic heterocycles. The van der Waals surface area contributed by atoms with E-state index in [1.165, 1.54) is 0 Å². The van der Waals surface area contributed by atoms with Gasteiger partial charge in [-0.3, -0.25) is 9.59 Å². The van der Waals surface area contributed by atoms with Gasteiger partial charge in [0.05, 0.1) is 5.41 Å². The fourth-order valence-corrected chi connectivity index (χ4v) is 2.32. The summed E-state index contributed by atoms with van der Waals surface area (Å²) >= 11 is 1.68. The number of hydrogen-bond acceptors (Lipinski definition) is 3. The van der Waals surface area contributed by atoms with Gasteiger partial charge >= 0.3 is 5.97 Å². The van der Waals surface area contributed by atoms with Crippen molar-refractivity contribution in [2.24, 2.45) is 11.3 Å². The lowest BCUT2D eigenvalue weighted by molar-refractivity contribution is -0.153. The zero-order valence-corrected chi connectivity index (χ0v) is 12.8. The number of amides is 1. The van der Waals surface area contributed by atoms with Crippen molar-refractivity contribution in [3.8, 4) is 0 Å². The molecule has 0 aliphatic rings. The third-order valence-electron chi connectivity index (χ3n) is 3.52. The summed E-state index contributed by atoms with van der Waals surface area (Å²) in [4.78, 5) is 23.2. The van der Waals surface area contributed by atoms with Crippen LogP contribution in [0.2, 0.25) is 0 Å². The summed E-state index contributed by atoms with van der Waals surface area (Å²) in [5.74, 6) is -0.310. The zero-order valence-electron chi connectivity index (χ0n) is 11.9. The first-order chi connectivity index (χ1) is 8.27. The third kappa shape index (κ3) is 4.88. The predicted molar refractivity (Wildman–Crippen MR) is 75.8 cm³/mol. The van der Waals surface area contributed by atoms with Gasteiger partial charge in [-0.2, -0.15) is 11.8 Å². The van der Waals surface area contributed by atoms with Gasteiger partial charge in [-0.05, 0) is 25.5 Å². The van der Waals surface area contributed by atoms with E-state index >= 15 is 0 Å². The lowest BCUT2D eigenvalue weighted by atomic mass is 9.76. The van der Waals surface area contributed by atoms with E-state index in [9.17, 15) is 14.7 Å². The number of nitrogens with one attached hydrogen (secondary N) is 1. The number of carboxylic acids is 1. The maximum absolute atomic E-state index is 11.9. The highest BCUT2D eigenvalue weighted by Gasteiger charge is 2.38. The van der Waals surface area contributed by atoms with Crippen LogP contribution in [0.15, 0.2) is 0 Å².